The first-order valence-corrected chi connectivity index (χ1v) is 8.72. The highest BCUT2D eigenvalue weighted by atomic mass is 16.6. The van der Waals surface area contributed by atoms with Crippen LogP contribution in [0.3, 0.4) is 0 Å². The molecule has 0 aliphatic rings. The Morgan fingerprint density at radius 2 is 1.97 bits per heavy atom. The Morgan fingerprint density at radius 1 is 1.17 bits per heavy atom. The van der Waals surface area contributed by atoms with E-state index in [1.165, 1.54) is 18.2 Å². The number of carbonyl (C=O) groups excluding carboxylic acids is 1. The molecule has 0 saturated heterocycles. The third kappa shape index (κ3) is 4.57. The van der Waals surface area contributed by atoms with Crippen molar-refractivity contribution >= 4 is 23.4 Å². The predicted molar refractivity (Wildman–Crippen MR) is 109 cm³/mol. The molecule has 1 heterocycles. The summed E-state index contributed by atoms with van der Waals surface area (Å²) in [7, 11) is 0. The molecule has 0 atom stereocenters. The van der Waals surface area contributed by atoms with Crippen molar-refractivity contribution in [1.29, 1.82) is 5.26 Å². The lowest BCUT2D eigenvalue weighted by Crippen LogP contribution is -2.13. The van der Waals surface area contributed by atoms with Crippen molar-refractivity contribution in [3.63, 3.8) is 0 Å². The van der Waals surface area contributed by atoms with Crippen molar-refractivity contribution in [2.75, 3.05) is 5.32 Å². The van der Waals surface area contributed by atoms with Crippen LogP contribution in [0.2, 0.25) is 0 Å². The summed E-state index contributed by atoms with van der Waals surface area (Å²) in [6.45, 7) is 3.71. The fraction of sp³-hybridized carbons (Fsp3) is 0.0909. The highest BCUT2D eigenvalue weighted by Crippen LogP contribution is 2.29. The number of non-ortho nitro benzene ring substituents is 1. The Hall–Kier alpha value is -4.18. The van der Waals surface area contributed by atoms with E-state index in [9.17, 15) is 20.2 Å². The first-order chi connectivity index (χ1) is 13.9. The second-order valence-corrected chi connectivity index (χ2v) is 6.45. The molecular formula is C22H17N3O4. The van der Waals surface area contributed by atoms with Crippen LogP contribution in [-0.2, 0) is 4.79 Å². The highest BCUT2D eigenvalue weighted by molar-refractivity contribution is 6.09. The van der Waals surface area contributed by atoms with Gasteiger partial charge < -0.3 is 9.73 Å². The summed E-state index contributed by atoms with van der Waals surface area (Å²) in [6, 6.07) is 16.8. The number of amides is 1. The van der Waals surface area contributed by atoms with Crippen LogP contribution in [0.15, 0.2) is 64.6 Å². The molecule has 7 nitrogen and oxygen atoms in total. The Balaban J connectivity index is 1.86. The smallest absolute Gasteiger partial charge is 0.270 e. The van der Waals surface area contributed by atoms with Gasteiger partial charge in [-0.3, -0.25) is 14.9 Å². The highest BCUT2D eigenvalue weighted by Gasteiger charge is 2.15. The number of furan rings is 1. The molecule has 144 valence electrons. The van der Waals surface area contributed by atoms with Gasteiger partial charge in [-0.25, -0.2) is 0 Å². The third-order valence-electron chi connectivity index (χ3n) is 4.25. The number of nitriles is 1. The summed E-state index contributed by atoms with van der Waals surface area (Å²) in [4.78, 5) is 22.9. The second-order valence-electron chi connectivity index (χ2n) is 6.45. The number of aryl methyl sites for hydroxylation is 2. The van der Waals surface area contributed by atoms with Crippen molar-refractivity contribution in [3.8, 4) is 17.4 Å². The topological polar surface area (TPSA) is 109 Å². The van der Waals surface area contributed by atoms with Gasteiger partial charge in [-0.1, -0.05) is 18.2 Å². The van der Waals surface area contributed by atoms with Crippen LogP contribution in [-0.4, -0.2) is 10.8 Å². The average molecular weight is 387 g/mol. The number of hydrogen-bond acceptors (Lipinski definition) is 5. The van der Waals surface area contributed by atoms with Gasteiger partial charge in [0.25, 0.3) is 11.6 Å². The van der Waals surface area contributed by atoms with E-state index < -0.39 is 10.8 Å². The zero-order valence-corrected chi connectivity index (χ0v) is 15.8. The SMILES string of the molecule is Cc1cccc(NC(=O)/C(C#N)=C/c2ccc(-c3cc([N+](=O)[O-])ccc3C)o2)c1. The first kappa shape index (κ1) is 19.6. The molecule has 2 aromatic carbocycles. The first-order valence-electron chi connectivity index (χ1n) is 8.72. The van der Waals surface area contributed by atoms with Crippen molar-refractivity contribution in [2.45, 2.75) is 13.8 Å². The van der Waals surface area contributed by atoms with Gasteiger partial charge in [0.05, 0.1) is 4.92 Å². The molecule has 1 N–H and O–H groups in total. The quantitative estimate of drug-likeness (QED) is 0.286. The Kier molecular flexibility index (Phi) is 5.56. The molecule has 0 bridgehead atoms. The van der Waals surface area contributed by atoms with Crippen LogP contribution in [0.5, 0.6) is 0 Å². The van der Waals surface area contributed by atoms with E-state index in [1.54, 1.807) is 36.4 Å². The number of benzene rings is 2. The molecule has 0 unspecified atom stereocenters. The van der Waals surface area contributed by atoms with Crippen LogP contribution in [0.25, 0.3) is 17.4 Å². The van der Waals surface area contributed by atoms with Crippen LogP contribution >= 0.6 is 0 Å². The van der Waals surface area contributed by atoms with Gasteiger partial charge in [0.15, 0.2) is 0 Å². The minimum atomic E-state index is -0.553. The van der Waals surface area contributed by atoms with E-state index in [0.29, 0.717) is 22.8 Å². The molecule has 0 aliphatic heterocycles. The summed E-state index contributed by atoms with van der Waals surface area (Å²) in [6.07, 6.45) is 1.33. The van der Waals surface area contributed by atoms with Crippen molar-refractivity contribution < 1.29 is 14.1 Å². The Bertz CT molecular complexity index is 1170. The molecule has 0 aliphatic carbocycles. The number of nitrogens with zero attached hydrogens (tertiary/aromatic N) is 2. The fourth-order valence-corrected chi connectivity index (χ4v) is 2.78. The largest absolute Gasteiger partial charge is 0.457 e. The maximum Gasteiger partial charge on any atom is 0.270 e. The average Bonchev–Trinajstić information content (AvgIpc) is 3.14. The minimum Gasteiger partial charge on any atom is -0.457 e. The van der Waals surface area contributed by atoms with Gasteiger partial charge in [0, 0.05) is 29.5 Å². The second kappa shape index (κ2) is 8.23. The van der Waals surface area contributed by atoms with Crippen LogP contribution in [0.1, 0.15) is 16.9 Å². The molecule has 3 aromatic rings. The van der Waals surface area contributed by atoms with E-state index in [1.807, 2.05) is 26.0 Å². The number of nitro groups is 1. The lowest BCUT2D eigenvalue weighted by molar-refractivity contribution is -0.384. The molecule has 0 spiro atoms. The van der Waals surface area contributed by atoms with E-state index in [2.05, 4.69) is 5.32 Å². The zero-order valence-electron chi connectivity index (χ0n) is 15.8. The molecule has 0 fully saturated rings. The summed E-state index contributed by atoms with van der Waals surface area (Å²) in [5, 5.41) is 23.1. The number of hydrogen-bond donors (Lipinski definition) is 1. The van der Waals surface area contributed by atoms with Crippen LogP contribution in [0, 0.1) is 35.3 Å². The molecule has 3 rings (SSSR count). The molecule has 1 amide bonds. The van der Waals surface area contributed by atoms with Crippen LogP contribution in [0.4, 0.5) is 11.4 Å². The molecule has 7 heteroatoms. The fourth-order valence-electron chi connectivity index (χ4n) is 2.78. The Labute approximate surface area is 167 Å². The molecule has 0 saturated carbocycles. The lowest BCUT2D eigenvalue weighted by Gasteiger charge is -2.05. The molecule has 29 heavy (non-hydrogen) atoms. The van der Waals surface area contributed by atoms with Crippen molar-refractivity contribution in [2.24, 2.45) is 0 Å². The van der Waals surface area contributed by atoms with E-state index in [4.69, 9.17) is 4.42 Å². The van der Waals surface area contributed by atoms with Crippen LogP contribution < -0.4 is 5.32 Å². The molecule has 1 aromatic heterocycles. The zero-order chi connectivity index (χ0) is 21.0. The van der Waals surface area contributed by atoms with Crippen molar-refractivity contribution in [3.05, 3.63) is 87.2 Å². The predicted octanol–water partition coefficient (Wildman–Crippen LogP) is 5.02. The van der Waals surface area contributed by atoms with Gasteiger partial charge in [0.2, 0.25) is 0 Å². The van der Waals surface area contributed by atoms with Gasteiger partial charge in [-0.05, 0) is 49.2 Å². The van der Waals surface area contributed by atoms with E-state index in [-0.39, 0.29) is 11.3 Å². The number of rotatable bonds is 5. The molecular weight excluding hydrogens is 370 g/mol. The summed E-state index contributed by atoms with van der Waals surface area (Å²) >= 11 is 0. The summed E-state index contributed by atoms with van der Waals surface area (Å²) in [5.41, 5.74) is 2.77. The monoisotopic (exact) mass is 387 g/mol. The minimum absolute atomic E-state index is 0.0469. The standard InChI is InChI=1S/C22H17N3O4/c1-14-4-3-5-17(10-14)24-22(26)16(13-23)11-19-8-9-21(29-19)20-12-18(25(27)28)7-6-15(20)2/h3-12H,1-2H3,(H,24,26)/b16-11+. The van der Waals surface area contributed by atoms with Gasteiger partial charge in [-0.15, -0.1) is 0 Å². The number of anilines is 1. The molecule has 0 radical (unpaired) electrons. The van der Waals surface area contributed by atoms with E-state index >= 15 is 0 Å². The van der Waals surface area contributed by atoms with Gasteiger partial charge >= 0.3 is 0 Å². The van der Waals surface area contributed by atoms with Gasteiger partial charge in [-0.2, -0.15) is 5.26 Å². The number of carbonyl (C=O) groups is 1. The summed E-state index contributed by atoms with van der Waals surface area (Å²) < 4.78 is 5.71. The third-order valence-corrected chi connectivity index (χ3v) is 4.25. The maximum atomic E-state index is 12.4. The van der Waals surface area contributed by atoms with Gasteiger partial charge in [0.1, 0.15) is 23.2 Å². The summed E-state index contributed by atoms with van der Waals surface area (Å²) in [5.74, 6) is 0.151. The lowest BCUT2D eigenvalue weighted by atomic mass is 10.1. The van der Waals surface area contributed by atoms with Crippen molar-refractivity contribution in [1.82, 2.24) is 0 Å². The number of nitrogens with one attached hydrogen (secondary N) is 1. The Morgan fingerprint density at radius 3 is 2.66 bits per heavy atom. The van der Waals surface area contributed by atoms with E-state index in [0.717, 1.165) is 11.1 Å². The normalized spacial score (nSPS) is 11.0. The maximum absolute atomic E-state index is 12.4. The number of nitro benzene ring substituents is 1.